The lowest BCUT2D eigenvalue weighted by atomic mass is 9.68. The summed E-state index contributed by atoms with van der Waals surface area (Å²) in [5.41, 5.74) is 0.0300. The van der Waals surface area contributed by atoms with Gasteiger partial charge in [-0.05, 0) is 25.7 Å². The molecule has 4 aliphatic rings. The molecule has 3 heterocycles. The number of fused-ring (bicyclic) bond motifs is 2. The summed E-state index contributed by atoms with van der Waals surface area (Å²) in [7, 11) is -3.17. The van der Waals surface area contributed by atoms with Crippen molar-refractivity contribution in [1.29, 1.82) is 0 Å². The lowest BCUT2D eigenvalue weighted by Gasteiger charge is -2.53. The second-order valence-electron chi connectivity index (χ2n) is 5.19. The van der Waals surface area contributed by atoms with Crippen molar-refractivity contribution in [3.05, 3.63) is 0 Å². The number of hydrogen-bond acceptors (Lipinski definition) is 3. The van der Waals surface area contributed by atoms with E-state index >= 15 is 0 Å². The zero-order valence-electron chi connectivity index (χ0n) is 8.94. The Morgan fingerprint density at radius 2 is 2.07 bits per heavy atom. The highest BCUT2D eigenvalue weighted by atomic mass is 32.2. The van der Waals surface area contributed by atoms with Crippen LogP contribution in [0.25, 0.3) is 0 Å². The maximum absolute atomic E-state index is 11.5. The molecule has 3 fully saturated rings. The molecule has 2 saturated heterocycles. The van der Waals surface area contributed by atoms with Gasteiger partial charge in [0.2, 0.25) is 0 Å². The Labute approximate surface area is 90.4 Å². The van der Waals surface area contributed by atoms with E-state index in [4.69, 9.17) is 0 Å². The Hall–Kier alpha value is -0.580. The second-order valence-corrected chi connectivity index (χ2v) is 6.94. The predicted octanol–water partition coefficient (Wildman–Crippen LogP) is 0.993. The monoisotopic (exact) mass is 228 g/mol. The van der Waals surface area contributed by atoms with E-state index in [1.165, 1.54) is 12.8 Å². The molecule has 0 amide bonds. The molecule has 0 unspecified atom stereocenters. The maximum atomic E-state index is 11.5. The van der Waals surface area contributed by atoms with E-state index in [-0.39, 0.29) is 11.2 Å². The van der Waals surface area contributed by atoms with Gasteiger partial charge in [0, 0.05) is 18.0 Å². The van der Waals surface area contributed by atoms with Crippen LogP contribution < -0.4 is 0 Å². The third-order valence-electron chi connectivity index (χ3n) is 4.13. The molecule has 0 aromatic carbocycles. The molecule has 0 atom stereocenters. The fourth-order valence-corrected chi connectivity index (χ4v) is 4.24. The molecular formula is C10H16N2O2S. The minimum absolute atomic E-state index is 0.0300. The number of rotatable bonds is 0. The first kappa shape index (κ1) is 9.63. The molecule has 0 N–H and O–H groups in total. The van der Waals surface area contributed by atoms with Crippen LogP contribution in [0.2, 0.25) is 0 Å². The average molecular weight is 228 g/mol. The molecular weight excluding hydrogens is 212 g/mol. The third-order valence-corrected chi connectivity index (χ3v) is 5.28. The summed E-state index contributed by atoms with van der Waals surface area (Å²) >= 11 is 0. The van der Waals surface area contributed by atoms with Crippen LogP contribution in [0.5, 0.6) is 0 Å². The minimum Gasteiger partial charge on any atom is -0.355 e. The number of sulfonamides is 1. The van der Waals surface area contributed by atoms with Gasteiger partial charge in [-0.3, -0.25) is 0 Å². The van der Waals surface area contributed by atoms with Crippen LogP contribution in [-0.4, -0.2) is 37.5 Å². The molecule has 84 valence electrons. The van der Waals surface area contributed by atoms with Crippen molar-refractivity contribution in [1.82, 2.24) is 4.90 Å². The molecule has 2 bridgehead atoms. The van der Waals surface area contributed by atoms with Gasteiger partial charge in [0.05, 0.1) is 5.75 Å². The fraction of sp³-hybridized carbons (Fsp3) is 0.900. The van der Waals surface area contributed by atoms with Crippen LogP contribution in [0.15, 0.2) is 4.40 Å². The van der Waals surface area contributed by atoms with Crippen molar-refractivity contribution in [2.75, 3.05) is 12.3 Å². The number of nitrogens with zero attached hydrogens (tertiary/aromatic N) is 2. The zero-order valence-corrected chi connectivity index (χ0v) is 9.76. The minimum atomic E-state index is -3.17. The summed E-state index contributed by atoms with van der Waals surface area (Å²) in [6.07, 6.45) is 4.61. The summed E-state index contributed by atoms with van der Waals surface area (Å²) in [4.78, 5) is 2.24. The van der Waals surface area contributed by atoms with E-state index in [9.17, 15) is 8.42 Å². The second kappa shape index (κ2) is 2.75. The van der Waals surface area contributed by atoms with Gasteiger partial charge >= 0.3 is 0 Å². The normalized spacial score (nSPS) is 42.3. The van der Waals surface area contributed by atoms with E-state index in [0.717, 1.165) is 18.7 Å². The largest absolute Gasteiger partial charge is 0.355 e. The van der Waals surface area contributed by atoms with E-state index in [1.807, 2.05) is 0 Å². The van der Waals surface area contributed by atoms with Crippen LogP contribution in [0, 0.1) is 5.41 Å². The average Bonchev–Trinajstić information content (AvgIpc) is 2.18. The molecule has 0 aromatic rings. The zero-order chi connectivity index (χ0) is 10.7. The quantitative estimate of drug-likeness (QED) is 0.621. The summed E-state index contributed by atoms with van der Waals surface area (Å²) in [5, 5.41) is 0. The fourth-order valence-electron chi connectivity index (χ4n) is 3.14. The molecule has 4 rings (SSSR count). The Balaban J connectivity index is 2.11. The molecule has 15 heavy (non-hydrogen) atoms. The summed E-state index contributed by atoms with van der Waals surface area (Å²) < 4.78 is 27.0. The van der Waals surface area contributed by atoms with Crippen LogP contribution in [0.1, 0.15) is 32.6 Å². The van der Waals surface area contributed by atoms with Crippen molar-refractivity contribution in [3.63, 3.8) is 0 Å². The molecule has 1 saturated carbocycles. The Kier molecular flexibility index (Phi) is 1.77. The van der Waals surface area contributed by atoms with Crippen LogP contribution in [-0.2, 0) is 10.0 Å². The Morgan fingerprint density at radius 3 is 2.73 bits per heavy atom. The van der Waals surface area contributed by atoms with Gasteiger partial charge in [-0.2, -0.15) is 0 Å². The van der Waals surface area contributed by atoms with Gasteiger partial charge in [0.15, 0.2) is 0 Å². The molecule has 0 spiro atoms. The molecule has 0 aromatic heterocycles. The number of hydrogen-bond donors (Lipinski definition) is 0. The highest BCUT2D eigenvalue weighted by molar-refractivity contribution is 7.90. The molecule has 0 radical (unpaired) electrons. The van der Waals surface area contributed by atoms with Gasteiger partial charge in [-0.1, -0.05) is 6.92 Å². The van der Waals surface area contributed by atoms with Crippen LogP contribution >= 0.6 is 0 Å². The summed E-state index contributed by atoms with van der Waals surface area (Å²) in [5.74, 6) is 1.06. The van der Waals surface area contributed by atoms with Crippen molar-refractivity contribution < 1.29 is 8.42 Å². The molecule has 3 aliphatic heterocycles. The van der Waals surface area contributed by atoms with Gasteiger partial charge in [-0.25, -0.2) is 8.42 Å². The maximum Gasteiger partial charge on any atom is 0.256 e. The number of piperidine rings is 2. The highest BCUT2D eigenvalue weighted by Crippen LogP contribution is 2.46. The molecule has 4 nitrogen and oxygen atoms in total. The lowest BCUT2D eigenvalue weighted by Crippen LogP contribution is -2.60. The first-order valence-corrected chi connectivity index (χ1v) is 7.21. The predicted molar refractivity (Wildman–Crippen MR) is 58.3 cm³/mol. The van der Waals surface area contributed by atoms with E-state index in [0.29, 0.717) is 12.6 Å². The smallest absolute Gasteiger partial charge is 0.256 e. The Bertz CT molecular complexity index is 419. The first-order valence-electron chi connectivity index (χ1n) is 5.60. The van der Waals surface area contributed by atoms with E-state index in [2.05, 4.69) is 16.2 Å². The summed E-state index contributed by atoms with van der Waals surface area (Å²) in [6, 6.07) is 0.557. The first-order chi connectivity index (χ1) is 7.00. The summed E-state index contributed by atoms with van der Waals surface area (Å²) in [6.45, 7) is 2.82. The molecule has 1 aliphatic carbocycles. The SMILES string of the molecule is CC12CCC(CC1)N1CCS(=O)(=O)N=C12. The van der Waals surface area contributed by atoms with Crippen molar-refractivity contribution in [2.45, 2.75) is 38.6 Å². The van der Waals surface area contributed by atoms with Gasteiger partial charge < -0.3 is 4.90 Å². The van der Waals surface area contributed by atoms with Gasteiger partial charge in [0.1, 0.15) is 5.84 Å². The lowest BCUT2D eigenvalue weighted by molar-refractivity contribution is 0.119. The number of amidine groups is 1. The van der Waals surface area contributed by atoms with Crippen molar-refractivity contribution in [3.8, 4) is 0 Å². The molecule has 5 heteroatoms. The van der Waals surface area contributed by atoms with Crippen LogP contribution in [0.3, 0.4) is 0 Å². The standard InChI is InChI=1S/C10H16N2O2S/c1-10-4-2-8(3-5-10)12-6-7-15(13,14)11-9(10)12/h8H,2-7H2,1H3. The van der Waals surface area contributed by atoms with Gasteiger partial charge in [0.25, 0.3) is 10.0 Å². The topological polar surface area (TPSA) is 49.7 Å². The van der Waals surface area contributed by atoms with Crippen molar-refractivity contribution >= 4 is 15.9 Å². The van der Waals surface area contributed by atoms with Gasteiger partial charge in [-0.15, -0.1) is 4.40 Å². The van der Waals surface area contributed by atoms with E-state index < -0.39 is 10.0 Å². The Morgan fingerprint density at radius 1 is 1.40 bits per heavy atom. The van der Waals surface area contributed by atoms with Crippen molar-refractivity contribution in [2.24, 2.45) is 9.81 Å². The van der Waals surface area contributed by atoms with E-state index in [1.54, 1.807) is 0 Å². The third kappa shape index (κ3) is 1.32. The highest BCUT2D eigenvalue weighted by Gasteiger charge is 2.48. The van der Waals surface area contributed by atoms with Crippen LogP contribution in [0.4, 0.5) is 0 Å².